The molecular formula is C25H32N2OS. The van der Waals surface area contributed by atoms with Crippen molar-refractivity contribution in [3.05, 3.63) is 69.0 Å². The van der Waals surface area contributed by atoms with Gasteiger partial charge < -0.3 is 0 Å². The zero-order valence-electron chi connectivity index (χ0n) is 18.7. The highest BCUT2D eigenvalue weighted by Crippen LogP contribution is 2.30. The fourth-order valence-corrected chi connectivity index (χ4v) is 4.78. The molecule has 0 atom stereocenters. The van der Waals surface area contributed by atoms with Crippen LogP contribution in [0.4, 0.5) is 0 Å². The van der Waals surface area contributed by atoms with Crippen LogP contribution < -0.4 is 5.56 Å². The third-order valence-corrected chi connectivity index (χ3v) is 6.28. The number of hydrogen-bond acceptors (Lipinski definition) is 3. The van der Waals surface area contributed by atoms with Gasteiger partial charge in [-0.2, -0.15) is 0 Å². The minimum Gasteiger partial charge on any atom is -0.287 e. The summed E-state index contributed by atoms with van der Waals surface area (Å²) in [5.41, 5.74) is 6.28. The largest absolute Gasteiger partial charge is 0.287 e. The van der Waals surface area contributed by atoms with E-state index in [2.05, 4.69) is 60.6 Å². The summed E-state index contributed by atoms with van der Waals surface area (Å²) in [5.74, 6) is 1.19. The molecule has 2 aromatic carbocycles. The number of fused-ring (bicyclic) bond motifs is 1. The van der Waals surface area contributed by atoms with E-state index in [4.69, 9.17) is 4.98 Å². The van der Waals surface area contributed by atoms with Gasteiger partial charge in [0.1, 0.15) is 0 Å². The highest BCUT2D eigenvalue weighted by atomic mass is 32.2. The first-order chi connectivity index (χ1) is 13.6. The van der Waals surface area contributed by atoms with E-state index in [9.17, 15) is 4.79 Å². The molecule has 0 amide bonds. The van der Waals surface area contributed by atoms with Crippen molar-refractivity contribution in [3.8, 4) is 0 Å². The van der Waals surface area contributed by atoms with Gasteiger partial charge in [0, 0.05) is 12.3 Å². The maximum atomic E-state index is 13.1. The van der Waals surface area contributed by atoms with Crippen LogP contribution in [0.3, 0.4) is 0 Å². The van der Waals surface area contributed by atoms with E-state index in [1.54, 1.807) is 11.8 Å². The number of benzene rings is 2. The SMILES string of the molecule is Cc1cc(C(C)(C)C)cc(C)c1CSc1nc2ccccc2c(=O)n1CC(C)C. The second-order valence-electron chi connectivity index (χ2n) is 9.35. The molecule has 154 valence electrons. The molecule has 3 nitrogen and oxygen atoms in total. The van der Waals surface area contributed by atoms with E-state index in [0.717, 1.165) is 16.4 Å². The highest BCUT2D eigenvalue weighted by Gasteiger charge is 2.18. The monoisotopic (exact) mass is 408 g/mol. The van der Waals surface area contributed by atoms with Crippen LogP contribution in [-0.2, 0) is 17.7 Å². The molecular weight excluding hydrogens is 376 g/mol. The van der Waals surface area contributed by atoms with Crippen LogP contribution in [-0.4, -0.2) is 9.55 Å². The number of aryl methyl sites for hydroxylation is 2. The van der Waals surface area contributed by atoms with E-state index in [0.29, 0.717) is 17.8 Å². The van der Waals surface area contributed by atoms with Crippen LogP contribution in [0.25, 0.3) is 10.9 Å². The van der Waals surface area contributed by atoms with E-state index in [1.807, 2.05) is 28.8 Å². The maximum Gasteiger partial charge on any atom is 0.262 e. The van der Waals surface area contributed by atoms with E-state index in [-0.39, 0.29) is 11.0 Å². The third-order valence-electron chi connectivity index (χ3n) is 5.28. The lowest BCUT2D eigenvalue weighted by Gasteiger charge is -2.22. The summed E-state index contributed by atoms with van der Waals surface area (Å²) < 4.78 is 1.85. The summed E-state index contributed by atoms with van der Waals surface area (Å²) in [6, 6.07) is 12.2. The molecule has 0 bridgehead atoms. The molecule has 4 heteroatoms. The Morgan fingerprint density at radius 1 is 1.07 bits per heavy atom. The number of thioether (sulfide) groups is 1. The van der Waals surface area contributed by atoms with Gasteiger partial charge in [-0.25, -0.2) is 4.98 Å². The number of aromatic nitrogens is 2. The third kappa shape index (κ3) is 4.75. The van der Waals surface area contributed by atoms with Crippen LogP contribution in [0.5, 0.6) is 0 Å². The first-order valence-corrected chi connectivity index (χ1v) is 11.3. The van der Waals surface area contributed by atoms with Crippen LogP contribution in [0, 0.1) is 19.8 Å². The highest BCUT2D eigenvalue weighted by molar-refractivity contribution is 7.98. The van der Waals surface area contributed by atoms with Crippen molar-refractivity contribution in [2.75, 3.05) is 0 Å². The molecule has 0 saturated heterocycles. The Morgan fingerprint density at radius 2 is 1.69 bits per heavy atom. The van der Waals surface area contributed by atoms with E-state index < -0.39 is 0 Å². The number of nitrogens with zero attached hydrogens (tertiary/aromatic N) is 2. The van der Waals surface area contributed by atoms with Gasteiger partial charge >= 0.3 is 0 Å². The predicted octanol–water partition coefficient (Wildman–Crippen LogP) is 6.26. The van der Waals surface area contributed by atoms with Crippen LogP contribution in [0.1, 0.15) is 56.9 Å². The average Bonchev–Trinajstić information content (AvgIpc) is 2.62. The number of rotatable bonds is 5. The first-order valence-electron chi connectivity index (χ1n) is 10.3. The molecule has 1 heterocycles. The average molecular weight is 409 g/mol. The molecule has 0 aliphatic rings. The Kier molecular flexibility index (Phi) is 6.23. The lowest BCUT2D eigenvalue weighted by molar-refractivity contribution is 0.475. The fraction of sp³-hybridized carbons (Fsp3) is 0.440. The fourth-order valence-electron chi connectivity index (χ4n) is 3.57. The molecule has 0 N–H and O–H groups in total. The van der Waals surface area contributed by atoms with Gasteiger partial charge in [0.25, 0.3) is 5.56 Å². The lowest BCUT2D eigenvalue weighted by Crippen LogP contribution is -2.25. The Bertz CT molecular complexity index is 1070. The van der Waals surface area contributed by atoms with Crippen molar-refractivity contribution in [1.82, 2.24) is 9.55 Å². The summed E-state index contributed by atoms with van der Waals surface area (Å²) in [7, 11) is 0. The first kappa shape index (κ1) is 21.6. The van der Waals surface area contributed by atoms with Crippen LogP contribution in [0.2, 0.25) is 0 Å². The second kappa shape index (κ2) is 8.35. The molecule has 3 rings (SSSR count). The smallest absolute Gasteiger partial charge is 0.262 e. The van der Waals surface area contributed by atoms with Gasteiger partial charge in [0.2, 0.25) is 0 Å². The summed E-state index contributed by atoms with van der Waals surface area (Å²) in [6.45, 7) is 16.1. The number of hydrogen-bond donors (Lipinski definition) is 0. The van der Waals surface area contributed by atoms with Crippen molar-refractivity contribution in [2.24, 2.45) is 5.92 Å². The minimum atomic E-state index is 0.0586. The second-order valence-corrected chi connectivity index (χ2v) is 10.3. The molecule has 0 aliphatic heterocycles. The van der Waals surface area contributed by atoms with Crippen molar-refractivity contribution in [3.63, 3.8) is 0 Å². The molecule has 0 saturated carbocycles. The van der Waals surface area contributed by atoms with Gasteiger partial charge in [-0.3, -0.25) is 9.36 Å². The maximum absolute atomic E-state index is 13.1. The van der Waals surface area contributed by atoms with Gasteiger partial charge in [-0.05, 0) is 59.6 Å². The van der Waals surface area contributed by atoms with Gasteiger partial charge in [0.15, 0.2) is 5.16 Å². The summed E-state index contributed by atoms with van der Waals surface area (Å²) >= 11 is 1.66. The van der Waals surface area contributed by atoms with Gasteiger partial charge in [-0.15, -0.1) is 0 Å². The summed E-state index contributed by atoms with van der Waals surface area (Å²) in [4.78, 5) is 17.9. The molecule has 0 aliphatic carbocycles. The van der Waals surface area contributed by atoms with E-state index >= 15 is 0 Å². The predicted molar refractivity (Wildman–Crippen MR) is 125 cm³/mol. The zero-order valence-corrected chi connectivity index (χ0v) is 19.5. The van der Waals surface area contributed by atoms with Gasteiger partial charge in [0.05, 0.1) is 10.9 Å². The normalized spacial score (nSPS) is 12.1. The summed E-state index contributed by atoms with van der Waals surface area (Å²) in [6.07, 6.45) is 0. The Hall–Kier alpha value is -2.07. The molecule has 29 heavy (non-hydrogen) atoms. The molecule has 0 spiro atoms. The quantitative estimate of drug-likeness (QED) is 0.369. The molecule has 0 radical (unpaired) electrons. The summed E-state index contributed by atoms with van der Waals surface area (Å²) in [5, 5.41) is 1.50. The molecule has 0 fully saturated rings. The molecule has 1 aromatic heterocycles. The van der Waals surface area contributed by atoms with Crippen molar-refractivity contribution in [2.45, 2.75) is 71.3 Å². The number of para-hydroxylation sites is 1. The van der Waals surface area contributed by atoms with Crippen LogP contribution >= 0.6 is 11.8 Å². The Labute approximate surface area is 178 Å². The van der Waals surface area contributed by atoms with Gasteiger partial charge in [-0.1, -0.05) is 70.6 Å². The van der Waals surface area contributed by atoms with Crippen molar-refractivity contribution >= 4 is 22.7 Å². The molecule has 0 unspecified atom stereocenters. The van der Waals surface area contributed by atoms with Crippen LogP contribution in [0.15, 0.2) is 46.3 Å². The standard InChI is InChI=1S/C25H32N2OS/c1-16(2)14-27-23(28)20-10-8-9-11-22(20)26-24(27)29-15-21-17(3)12-19(13-18(21)4)25(5,6)7/h8-13,16H,14-15H2,1-7H3. The topological polar surface area (TPSA) is 34.9 Å². The van der Waals surface area contributed by atoms with Crippen molar-refractivity contribution in [1.29, 1.82) is 0 Å². The molecule has 3 aromatic rings. The zero-order chi connectivity index (χ0) is 21.3. The minimum absolute atomic E-state index is 0.0586. The Morgan fingerprint density at radius 3 is 2.28 bits per heavy atom. The Balaban J connectivity index is 2.00. The lowest BCUT2D eigenvalue weighted by atomic mass is 9.84. The van der Waals surface area contributed by atoms with E-state index in [1.165, 1.54) is 22.3 Å². The van der Waals surface area contributed by atoms with Crippen molar-refractivity contribution < 1.29 is 0 Å².